The van der Waals surface area contributed by atoms with E-state index in [9.17, 15) is 0 Å². The number of hydrogen-bond donors (Lipinski definition) is 0. The fourth-order valence-corrected chi connectivity index (χ4v) is 11.1. The third-order valence-corrected chi connectivity index (χ3v) is 14.1. The highest BCUT2D eigenvalue weighted by atomic mass is 32.1. The zero-order chi connectivity index (χ0) is 42.6. The van der Waals surface area contributed by atoms with Gasteiger partial charge in [0, 0.05) is 69.4 Å². The second kappa shape index (κ2) is 14.0. The van der Waals surface area contributed by atoms with E-state index in [0.29, 0.717) is 17.5 Å². The quantitative estimate of drug-likeness (QED) is 0.173. The number of benzene rings is 10. The van der Waals surface area contributed by atoms with Crippen molar-refractivity contribution >= 4 is 96.8 Å². The lowest BCUT2D eigenvalue weighted by atomic mass is 9.93. The summed E-state index contributed by atoms with van der Waals surface area (Å²) in [5.41, 5.74) is 9.90. The molecule has 4 aromatic heterocycles. The molecule has 0 N–H and O–H groups in total. The molecule has 302 valence electrons. The minimum Gasteiger partial charge on any atom is -0.455 e. The number of thiophene rings is 1. The Kier molecular flexibility index (Phi) is 7.79. The first-order valence-electron chi connectivity index (χ1n) is 21.8. The summed E-state index contributed by atoms with van der Waals surface area (Å²) >= 11 is 1.80. The first-order valence-corrected chi connectivity index (χ1v) is 22.7. The van der Waals surface area contributed by atoms with E-state index in [-0.39, 0.29) is 0 Å². The first-order chi connectivity index (χ1) is 32.2. The maximum absolute atomic E-state index is 6.80. The summed E-state index contributed by atoms with van der Waals surface area (Å²) in [6.07, 6.45) is 0. The molecule has 0 spiro atoms. The Bertz CT molecular complexity index is 4260. The second-order valence-corrected chi connectivity index (χ2v) is 17.8. The van der Waals surface area contributed by atoms with Gasteiger partial charge in [0.25, 0.3) is 0 Å². The van der Waals surface area contributed by atoms with Crippen LogP contribution in [-0.2, 0) is 0 Å². The summed E-state index contributed by atoms with van der Waals surface area (Å²) in [6, 6.07) is 73.4. The van der Waals surface area contributed by atoms with Gasteiger partial charge >= 0.3 is 0 Å². The Morgan fingerprint density at radius 1 is 0.369 bits per heavy atom. The maximum Gasteiger partial charge on any atom is 0.164 e. The molecule has 0 radical (unpaired) electrons. The number of aromatic nitrogens is 4. The van der Waals surface area contributed by atoms with Crippen LogP contribution in [0.4, 0.5) is 0 Å². The molecule has 0 atom stereocenters. The van der Waals surface area contributed by atoms with E-state index >= 15 is 0 Å². The third kappa shape index (κ3) is 5.61. The van der Waals surface area contributed by atoms with Crippen LogP contribution in [0.15, 0.2) is 211 Å². The van der Waals surface area contributed by atoms with Gasteiger partial charge in [-0.1, -0.05) is 146 Å². The van der Waals surface area contributed by atoms with Crippen molar-refractivity contribution in [3.05, 3.63) is 206 Å². The van der Waals surface area contributed by atoms with Gasteiger partial charge in [-0.3, -0.25) is 0 Å². The van der Waals surface area contributed by atoms with E-state index in [1.54, 1.807) is 11.3 Å². The van der Waals surface area contributed by atoms with Crippen molar-refractivity contribution in [1.82, 2.24) is 19.5 Å². The second-order valence-electron chi connectivity index (χ2n) is 16.7. The molecule has 0 aliphatic heterocycles. The molecule has 0 aliphatic rings. The molecule has 0 bridgehead atoms. The summed E-state index contributed by atoms with van der Waals surface area (Å²) in [4.78, 5) is 15.8. The molecule has 0 amide bonds. The number of hydrogen-bond acceptors (Lipinski definition) is 5. The smallest absolute Gasteiger partial charge is 0.164 e. The standard InChI is InChI=1S/C59H34N4OS/c1-2-14-35(15-3-1)57-60-58(62-59(61-57)40-26-28-44-43-21-10-13-25-53(43)65-54(44)34-40)39-27-29-50(63-49-23-11-8-20-42(49)46-30-36-16-4-5-17-37(36)33-51(46)63)47(32-39)48-31-38-18-6-7-19-41(38)56-55(48)45-22-9-12-24-52(45)64-56/h1-34H. The van der Waals surface area contributed by atoms with Gasteiger partial charge in [0.15, 0.2) is 17.5 Å². The number of para-hydroxylation sites is 2. The number of fused-ring (bicyclic) bond motifs is 12. The molecule has 10 aromatic carbocycles. The van der Waals surface area contributed by atoms with Gasteiger partial charge in [-0.05, 0) is 82.4 Å². The lowest BCUT2D eigenvalue weighted by molar-refractivity contribution is 0.673. The molecule has 0 saturated heterocycles. The summed E-state index contributed by atoms with van der Waals surface area (Å²) in [5.74, 6) is 1.85. The van der Waals surface area contributed by atoms with Gasteiger partial charge in [0.2, 0.25) is 0 Å². The van der Waals surface area contributed by atoms with Gasteiger partial charge in [-0.15, -0.1) is 11.3 Å². The maximum atomic E-state index is 6.80. The molecule has 0 fully saturated rings. The highest BCUT2D eigenvalue weighted by Gasteiger charge is 2.23. The first kappa shape index (κ1) is 36.1. The van der Waals surface area contributed by atoms with E-state index in [1.807, 2.05) is 24.3 Å². The van der Waals surface area contributed by atoms with Crippen molar-refractivity contribution in [3.63, 3.8) is 0 Å². The third-order valence-electron chi connectivity index (χ3n) is 13.0. The average Bonchev–Trinajstić information content (AvgIpc) is 4.05. The SMILES string of the molecule is c1ccc(-c2nc(-c3ccc(-n4c5ccccc5c5cc6ccccc6cc54)c(-c4cc5ccccc5c5oc6ccccc6c45)c3)nc(-c3ccc4c(c3)sc3ccccc34)n2)cc1. The van der Waals surface area contributed by atoms with Crippen LogP contribution < -0.4 is 0 Å². The Balaban J connectivity index is 1.08. The molecule has 5 nitrogen and oxygen atoms in total. The van der Waals surface area contributed by atoms with Crippen molar-refractivity contribution in [2.75, 3.05) is 0 Å². The monoisotopic (exact) mass is 846 g/mol. The van der Waals surface area contributed by atoms with Crippen LogP contribution >= 0.6 is 11.3 Å². The van der Waals surface area contributed by atoms with Crippen molar-refractivity contribution in [2.24, 2.45) is 0 Å². The largest absolute Gasteiger partial charge is 0.455 e. The van der Waals surface area contributed by atoms with E-state index in [0.717, 1.165) is 77.2 Å². The lowest BCUT2D eigenvalue weighted by Crippen LogP contribution is -2.02. The van der Waals surface area contributed by atoms with Crippen molar-refractivity contribution in [2.45, 2.75) is 0 Å². The van der Waals surface area contributed by atoms with E-state index in [1.165, 1.54) is 41.7 Å². The molecule has 0 saturated carbocycles. The molecule has 6 heteroatoms. The van der Waals surface area contributed by atoms with Crippen LogP contribution in [0.1, 0.15) is 0 Å². The zero-order valence-corrected chi connectivity index (χ0v) is 35.6. The van der Waals surface area contributed by atoms with E-state index < -0.39 is 0 Å². The summed E-state index contributed by atoms with van der Waals surface area (Å²) < 4.78 is 11.7. The minimum atomic E-state index is 0.598. The van der Waals surface area contributed by atoms with Crippen molar-refractivity contribution in [3.8, 4) is 51.0 Å². The van der Waals surface area contributed by atoms with Crippen LogP contribution in [0.5, 0.6) is 0 Å². The normalized spacial score (nSPS) is 12.0. The predicted molar refractivity (Wildman–Crippen MR) is 271 cm³/mol. The number of rotatable bonds is 5. The average molecular weight is 847 g/mol. The number of nitrogens with zero attached hydrogens (tertiary/aromatic N) is 4. The number of furan rings is 1. The van der Waals surface area contributed by atoms with Crippen molar-refractivity contribution in [1.29, 1.82) is 0 Å². The van der Waals surface area contributed by atoms with Gasteiger partial charge in [0.05, 0.1) is 16.7 Å². The van der Waals surface area contributed by atoms with Crippen LogP contribution in [0, 0.1) is 0 Å². The lowest BCUT2D eigenvalue weighted by Gasteiger charge is -2.18. The summed E-state index contributed by atoms with van der Waals surface area (Å²) in [6.45, 7) is 0. The highest BCUT2D eigenvalue weighted by molar-refractivity contribution is 7.25. The van der Waals surface area contributed by atoms with Crippen molar-refractivity contribution < 1.29 is 4.42 Å². The van der Waals surface area contributed by atoms with Gasteiger partial charge in [-0.25, -0.2) is 15.0 Å². The van der Waals surface area contributed by atoms with Crippen LogP contribution in [0.25, 0.3) is 136 Å². The molecule has 0 aliphatic carbocycles. The van der Waals surface area contributed by atoms with Crippen LogP contribution in [-0.4, -0.2) is 19.5 Å². The molecule has 0 unspecified atom stereocenters. The summed E-state index contributed by atoms with van der Waals surface area (Å²) in [7, 11) is 0. The van der Waals surface area contributed by atoms with E-state index in [2.05, 4.69) is 187 Å². The fraction of sp³-hybridized carbons (Fsp3) is 0. The zero-order valence-electron chi connectivity index (χ0n) is 34.7. The Morgan fingerprint density at radius 3 is 1.82 bits per heavy atom. The minimum absolute atomic E-state index is 0.598. The molecule has 14 rings (SSSR count). The predicted octanol–water partition coefficient (Wildman–Crippen LogP) is 16.2. The Labute approximate surface area is 376 Å². The molecule has 14 aromatic rings. The van der Waals surface area contributed by atoms with Crippen LogP contribution in [0.2, 0.25) is 0 Å². The highest BCUT2D eigenvalue weighted by Crippen LogP contribution is 2.46. The summed E-state index contributed by atoms with van der Waals surface area (Å²) in [5, 5.41) is 11.6. The van der Waals surface area contributed by atoms with Gasteiger partial charge in [0.1, 0.15) is 11.2 Å². The van der Waals surface area contributed by atoms with Crippen LogP contribution in [0.3, 0.4) is 0 Å². The van der Waals surface area contributed by atoms with Gasteiger partial charge < -0.3 is 8.98 Å². The topological polar surface area (TPSA) is 56.7 Å². The molecule has 4 heterocycles. The molecular weight excluding hydrogens is 813 g/mol. The van der Waals surface area contributed by atoms with E-state index in [4.69, 9.17) is 19.4 Å². The van der Waals surface area contributed by atoms with Gasteiger partial charge in [-0.2, -0.15) is 0 Å². The molecule has 65 heavy (non-hydrogen) atoms. The molecular formula is C59H34N4OS. The Morgan fingerprint density at radius 2 is 0.985 bits per heavy atom. The fourth-order valence-electron chi connectivity index (χ4n) is 9.99. The Hall–Kier alpha value is -8.45.